The van der Waals surface area contributed by atoms with Crippen molar-refractivity contribution in [1.82, 2.24) is 5.32 Å². The summed E-state index contributed by atoms with van der Waals surface area (Å²) < 4.78 is 48.7. The van der Waals surface area contributed by atoms with Crippen molar-refractivity contribution >= 4 is 6.09 Å². The van der Waals surface area contributed by atoms with Gasteiger partial charge in [0, 0.05) is 5.56 Å². The number of rotatable bonds is 4. The molecule has 0 bridgehead atoms. The van der Waals surface area contributed by atoms with E-state index in [1.54, 1.807) is 20.8 Å². The van der Waals surface area contributed by atoms with Gasteiger partial charge in [0.05, 0.1) is 12.1 Å². The lowest BCUT2D eigenvalue weighted by Crippen LogP contribution is -2.34. The number of hydrogen-bond acceptors (Lipinski definition) is 3. The Labute approximate surface area is 133 Å². The van der Waals surface area contributed by atoms with Crippen molar-refractivity contribution < 1.29 is 27.4 Å². The topological polar surface area (TPSA) is 47.6 Å². The SMILES string of the molecule is C#Cc1ccc(OCCNC(=O)OC(C)(C)C)cc1C(F)(F)F. The summed E-state index contributed by atoms with van der Waals surface area (Å²) in [6.07, 6.45) is -0.134. The molecule has 0 aliphatic carbocycles. The number of benzene rings is 1. The first-order valence-corrected chi connectivity index (χ1v) is 6.80. The lowest BCUT2D eigenvalue weighted by atomic mass is 10.1. The van der Waals surface area contributed by atoms with E-state index in [-0.39, 0.29) is 24.5 Å². The van der Waals surface area contributed by atoms with E-state index in [9.17, 15) is 18.0 Å². The van der Waals surface area contributed by atoms with E-state index in [0.29, 0.717) is 0 Å². The molecule has 0 atom stereocenters. The number of amides is 1. The van der Waals surface area contributed by atoms with Gasteiger partial charge in [-0.3, -0.25) is 0 Å². The van der Waals surface area contributed by atoms with E-state index >= 15 is 0 Å². The second-order valence-electron chi connectivity index (χ2n) is 5.63. The molecule has 0 unspecified atom stereocenters. The Balaban J connectivity index is 2.57. The van der Waals surface area contributed by atoms with E-state index in [0.717, 1.165) is 6.07 Å². The van der Waals surface area contributed by atoms with Gasteiger partial charge in [-0.1, -0.05) is 5.92 Å². The van der Waals surface area contributed by atoms with E-state index in [2.05, 4.69) is 5.32 Å². The smallest absolute Gasteiger partial charge is 0.417 e. The molecule has 7 heteroatoms. The maximum atomic E-state index is 12.8. The molecule has 0 radical (unpaired) electrons. The number of alkyl halides is 3. The van der Waals surface area contributed by atoms with Crippen molar-refractivity contribution in [2.75, 3.05) is 13.2 Å². The van der Waals surface area contributed by atoms with Gasteiger partial charge in [-0.15, -0.1) is 6.42 Å². The molecule has 23 heavy (non-hydrogen) atoms. The maximum Gasteiger partial charge on any atom is 0.417 e. The second kappa shape index (κ2) is 7.27. The minimum Gasteiger partial charge on any atom is -0.492 e. The lowest BCUT2D eigenvalue weighted by Gasteiger charge is -2.19. The summed E-state index contributed by atoms with van der Waals surface area (Å²) in [7, 11) is 0. The van der Waals surface area contributed by atoms with Gasteiger partial charge in [0.25, 0.3) is 0 Å². The van der Waals surface area contributed by atoms with Crippen LogP contribution in [0.15, 0.2) is 18.2 Å². The zero-order chi connectivity index (χ0) is 17.7. The summed E-state index contributed by atoms with van der Waals surface area (Å²) in [6.45, 7) is 5.23. The zero-order valence-electron chi connectivity index (χ0n) is 13.1. The van der Waals surface area contributed by atoms with E-state index in [1.165, 1.54) is 12.1 Å². The Morgan fingerprint density at radius 2 is 1.96 bits per heavy atom. The number of alkyl carbamates (subject to hydrolysis) is 1. The molecular formula is C16H18F3NO3. The molecule has 0 fully saturated rings. The Kier molecular flexibility index (Phi) is 5.91. The van der Waals surface area contributed by atoms with Crippen molar-refractivity contribution in [3.05, 3.63) is 29.3 Å². The molecule has 0 spiro atoms. The molecule has 4 nitrogen and oxygen atoms in total. The molecule has 0 aliphatic rings. The fraction of sp³-hybridized carbons (Fsp3) is 0.438. The predicted molar refractivity (Wildman–Crippen MR) is 79.1 cm³/mol. The molecule has 1 N–H and O–H groups in total. The number of carbonyl (C=O) groups excluding carboxylic acids is 1. The number of nitrogens with one attached hydrogen (secondary N) is 1. The third-order valence-electron chi connectivity index (χ3n) is 2.49. The summed E-state index contributed by atoms with van der Waals surface area (Å²) in [5.41, 5.74) is -1.81. The van der Waals surface area contributed by atoms with Crippen LogP contribution in [0.4, 0.5) is 18.0 Å². The highest BCUT2D eigenvalue weighted by Crippen LogP contribution is 2.34. The number of hydrogen-bond donors (Lipinski definition) is 1. The molecule has 0 aromatic heterocycles. The first-order chi connectivity index (χ1) is 10.5. The molecule has 126 valence electrons. The monoisotopic (exact) mass is 329 g/mol. The average molecular weight is 329 g/mol. The van der Waals surface area contributed by atoms with Gasteiger partial charge in [0.2, 0.25) is 0 Å². The van der Waals surface area contributed by atoms with Gasteiger partial charge in [-0.2, -0.15) is 13.2 Å². The molecule has 1 rings (SSSR count). The minimum absolute atomic E-state index is 0.00800. The first kappa shape index (κ1) is 18.7. The zero-order valence-corrected chi connectivity index (χ0v) is 13.1. The van der Waals surface area contributed by atoms with Crippen molar-refractivity contribution in [1.29, 1.82) is 0 Å². The van der Waals surface area contributed by atoms with Crippen molar-refractivity contribution in [3.8, 4) is 18.1 Å². The number of ether oxygens (including phenoxy) is 2. The van der Waals surface area contributed by atoms with Gasteiger partial charge >= 0.3 is 12.3 Å². The third-order valence-corrected chi connectivity index (χ3v) is 2.49. The molecule has 0 saturated heterocycles. The molecule has 1 aromatic rings. The van der Waals surface area contributed by atoms with Crippen LogP contribution in [0.25, 0.3) is 0 Å². The average Bonchev–Trinajstić information content (AvgIpc) is 2.40. The summed E-state index contributed by atoms with van der Waals surface area (Å²) in [4.78, 5) is 11.4. The van der Waals surface area contributed by atoms with Crippen LogP contribution in [-0.2, 0) is 10.9 Å². The van der Waals surface area contributed by atoms with E-state index < -0.39 is 23.4 Å². The molecule has 1 amide bonds. The van der Waals surface area contributed by atoms with E-state index in [1.807, 2.05) is 5.92 Å². The molecule has 1 aromatic carbocycles. The van der Waals surface area contributed by atoms with Crippen LogP contribution in [0.5, 0.6) is 5.75 Å². The van der Waals surface area contributed by atoms with Gasteiger partial charge in [0.15, 0.2) is 0 Å². The molecule has 0 aliphatic heterocycles. The van der Waals surface area contributed by atoms with Crippen molar-refractivity contribution in [2.45, 2.75) is 32.5 Å². The Morgan fingerprint density at radius 3 is 2.48 bits per heavy atom. The predicted octanol–water partition coefficient (Wildman–Crippen LogP) is 3.59. The number of halogens is 3. The summed E-state index contributed by atoms with van der Waals surface area (Å²) in [5, 5.41) is 2.44. The number of terminal acetylenes is 1. The van der Waals surface area contributed by atoms with Crippen LogP contribution in [-0.4, -0.2) is 24.8 Å². The second-order valence-corrected chi connectivity index (χ2v) is 5.63. The number of carbonyl (C=O) groups is 1. The minimum atomic E-state index is -4.56. The Bertz CT molecular complexity index is 598. The van der Waals surface area contributed by atoms with Crippen molar-refractivity contribution in [2.24, 2.45) is 0 Å². The molecule has 0 heterocycles. The Hall–Kier alpha value is -2.36. The third kappa shape index (κ3) is 6.51. The Morgan fingerprint density at radius 1 is 1.30 bits per heavy atom. The van der Waals surface area contributed by atoms with Crippen LogP contribution < -0.4 is 10.1 Å². The van der Waals surface area contributed by atoms with Gasteiger partial charge in [-0.25, -0.2) is 4.79 Å². The molecule has 0 saturated carbocycles. The highest BCUT2D eigenvalue weighted by Gasteiger charge is 2.33. The van der Waals surface area contributed by atoms with Crippen LogP contribution >= 0.6 is 0 Å². The van der Waals surface area contributed by atoms with Gasteiger partial charge in [-0.05, 0) is 39.0 Å². The first-order valence-electron chi connectivity index (χ1n) is 6.80. The van der Waals surface area contributed by atoms with Crippen LogP contribution in [0.3, 0.4) is 0 Å². The van der Waals surface area contributed by atoms with Gasteiger partial charge in [0.1, 0.15) is 18.0 Å². The van der Waals surface area contributed by atoms with Crippen LogP contribution in [0, 0.1) is 12.3 Å². The maximum absolute atomic E-state index is 12.8. The lowest BCUT2D eigenvalue weighted by molar-refractivity contribution is -0.137. The van der Waals surface area contributed by atoms with Crippen molar-refractivity contribution in [3.63, 3.8) is 0 Å². The molecular weight excluding hydrogens is 311 g/mol. The van der Waals surface area contributed by atoms with Crippen LogP contribution in [0.1, 0.15) is 31.9 Å². The standard InChI is InChI=1S/C16H18F3NO3/c1-5-11-6-7-12(10-13(11)16(17,18)19)22-9-8-20-14(21)23-15(2,3)4/h1,6-7,10H,8-9H2,2-4H3,(H,20,21). The van der Waals surface area contributed by atoms with E-state index in [4.69, 9.17) is 15.9 Å². The summed E-state index contributed by atoms with van der Waals surface area (Å²) in [5.74, 6) is 2.00. The normalized spacial score (nSPS) is 11.5. The summed E-state index contributed by atoms with van der Waals surface area (Å²) >= 11 is 0. The van der Waals surface area contributed by atoms with Crippen LogP contribution in [0.2, 0.25) is 0 Å². The highest BCUT2D eigenvalue weighted by molar-refractivity contribution is 5.67. The fourth-order valence-electron chi connectivity index (χ4n) is 1.61. The summed E-state index contributed by atoms with van der Waals surface area (Å²) in [6, 6.07) is 3.35. The van der Waals surface area contributed by atoms with Gasteiger partial charge < -0.3 is 14.8 Å². The largest absolute Gasteiger partial charge is 0.492 e. The highest BCUT2D eigenvalue weighted by atomic mass is 19.4. The quantitative estimate of drug-likeness (QED) is 0.678. The fourth-order valence-corrected chi connectivity index (χ4v) is 1.61.